The van der Waals surface area contributed by atoms with Gasteiger partial charge in [-0.2, -0.15) is 0 Å². The van der Waals surface area contributed by atoms with Crippen molar-refractivity contribution in [2.75, 3.05) is 20.8 Å². The SMILES string of the molecule is COc1ccc(OC)c(C=CC(=O)OCCCc2cccnc2)c1. The van der Waals surface area contributed by atoms with Crippen LogP contribution < -0.4 is 9.47 Å². The average Bonchev–Trinajstić information content (AvgIpc) is 2.64. The van der Waals surface area contributed by atoms with Crippen LogP contribution in [0.25, 0.3) is 6.08 Å². The fraction of sp³-hybridized carbons (Fsp3) is 0.263. The standard InChI is InChI=1S/C19H21NO4/c1-22-17-8-9-18(23-2)16(13-17)7-10-19(21)24-12-4-6-15-5-3-11-20-14-15/h3,5,7-11,13-14H,4,6,12H2,1-2H3. The highest BCUT2D eigenvalue weighted by Crippen LogP contribution is 2.25. The first-order valence-corrected chi connectivity index (χ1v) is 7.68. The molecule has 0 radical (unpaired) electrons. The molecule has 5 heteroatoms. The fourth-order valence-electron chi connectivity index (χ4n) is 2.17. The summed E-state index contributed by atoms with van der Waals surface area (Å²) < 4.78 is 15.6. The lowest BCUT2D eigenvalue weighted by molar-refractivity contribution is -0.137. The summed E-state index contributed by atoms with van der Waals surface area (Å²) >= 11 is 0. The zero-order valence-corrected chi connectivity index (χ0v) is 13.9. The number of aryl methyl sites for hydroxylation is 1. The van der Waals surface area contributed by atoms with E-state index in [1.807, 2.05) is 18.3 Å². The van der Waals surface area contributed by atoms with Crippen molar-refractivity contribution in [1.82, 2.24) is 4.98 Å². The maximum absolute atomic E-state index is 11.8. The highest BCUT2D eigenvalue weighted by molar-refractivity contribution is 5.87. The van der Waals surface area contributed by atoms with Crippen molar-refractivity contribution in [3.05, 3.63) is 59.9 Å². The van der Waals surface area contributed by atoms with Crippen LogP contribution in [0.3, 0.4) is 0 Å². The number of hydrogen-bond donors (Lipinski definition) is 0. The van der Waals surface area contributed by atoms with Crippen molar-refractivity contribution >= 4 is 12.0 Å². The number of ether oxygens (including phenoxy) is 3. The Morgan fingerprint density at radius 2 is 2.08 bits per heavy atom. The Hall–Kier alpha value is -2.82. The Balaban J connectivity index is 1.82. The second-order valence-electron chi connectivity index (χ2n) is 5.07. The molecule has 0 aliphatic heterocycles. The minimum absolute atomic E-state index is 0.368. The summed E-state index contributed by atoms with van der Waals surface area (Å²) in [5.74, 6) is 0.975. The Morgan fingerprint density at radius 1 is 1.21 bits per heavy atom. The summed E-state index contributed by atoms with van der Waals surface area (Å²) in [7, 11) is 3.17. The van der Waals surface area contributed by atoms with Crippen molar-refractivity contribution < 1.29 is 19.0 Å². The lowest BCUT2D eigenvalue weighted by Crippen LogP contribution is -2.03. The fourth-order valence-corrected chi connectivity index (χ4v) is 2.17. The second kappa shape index (κ2) is 9.35. The smallest absolute Gasteiger partial charge is 0.330 e. The lowest BCUT2D eigenvalue weighted by atomic mass is 10.1. The molecule has 1 aromatic heterocycles. The number of methoxy groups -OCH3 is 2. The summed E-state index contributed by atoms with van der Waals surface area (Å²) in [5.41, 5.74) is 1.88. The molecule has 0 spiro atoms. The van der Waals surface area contributed by atoms with Crippen LogP contribution in [0.5, 0.6) is 11.5 Å². The minimum Gasteiger partial charge on any atom is -0.497 e. The third-order valence-electron chi connectivity index (χ3n) is 3.41. The van der Waals surface area contributed by atoms with Crippen molar-refractivity contribution in [2.45, 2.75) is 12.8 Å². The first-order chi connectivity index (χ1) is 11.7. The van der Waals surface area contributed by atoms with Gasteiger partial charge in [0.05, 0.1) is 20.8 Å². The number of pyridine rings is 1. The summed E-state index contributed by atoms with van der Waals surface area (Å²) in [5, 5.41) is 0. The highest BCUT2D eigenvalue weighted by Gasteiger charge is 2.03. The van der Waals surface area contributed by atoms with E-state index in [1.165, 1.54) is 6.08 Å². The predicted molar refractivity (Wildman–Crippen MR) is 92.1 cm³/mol. The Bertz CT molecular complexity index is 683. The van der Waals surface area contributed by atoms with Gasteiger partial charge in [-0.05, 0) is 48.7 Å². The van der Waals surface area contributed by atoms with Crippen LogP contribution in [-0.4, -0.2) is 31.8 Å². The molecule has 0 saturated heterocycles. The Morgan fingerprint density at radius 3 is 2.79 bits per heavy atom. The van der Waals surface area contributed by atoms with Gasteiger partial charge in [0.25, 0.3) is 0 Å². The molecule has 2 aromatic rings. The van der Waals surface area contributed by atoms with Gasteiger partial charge in [0, 0.05) is 24.0 Å². The number of hydrogen-bond acceptors (Lipinski definition) is 5. The number of benzene rings is 1. The van der Waals surface area contributed by atoms with Crippen LogP contribution in [0, 0.1) is 0 Å². The van der Waals surface area contributed by atoms with E-state index in [1.54, 1.807) is 44.7 Å². The topological polar surface area (TPSA) is 57.7 Å². The third-order valence-corrected chi connectivity index (χ3v) is 3.41. The normalized spacial score (nSPS) is 10.6. The van der Waals surface area contributed by atoms with E-state index in [0.717, 1.165) is 24.0 Å². The van der Waals surface area contributed by atoms with Gasteiger partial charge in [-0.25, -0.2) is 4.79 Å². The molecule has 1 heterocycles. The number of aromatic nitrogens is 1. The van der Waals surface area contributed by atoms with E-state index in [9.17, 15) is 4.79 Å². The molecule has 0 N–H and O–H groups in total. The molecule has 0 saturated carbocycles. The first kappa shape index (κ1) is 17.5. The average molecular weight is 327 g/mol. The van der Waals surface area contributed by atoms with Crippen LogP contribution in [-0.2, 0) is 16.0 Å². The van der Waals surface area contributed by atoms with Gasteiger partial charge in [-0.1, -0.05) is 6.07 Å². The van der Waals surface area contributed by atoms with E-state index in [-0.39, 0.29) is 5.97 Å². The van der Waals surface area contributed by atoms with Gasteiger partial charge in [-0.15, -0.1) is 0 Å². The third kappa shape index (κ3) is 5.43. The van der Waals surface area contributed by atoms with Gasteiger partial charge < -0.3 is 14.2 Å². The number of carbonyl (C=O) groups excluding carboxylic acids is 1. The van der Waals surface area contributed by atoms with Crippen molar-refractivity contribution in [2.24, 2.45) is 0 Å². The summed E-state index contributed by atoms with van der Waals surface area (Å²) in [6.07, 6.45) is 8.19. The minimum atomic E-state index is -0.383. The highest BCUT2D eigenvalue weighted by atomic mass is 16.5. The van der Waals surface area contributed by atoms with Gasteiger partial charge >= 0.3 is 5.97 Å². The zero-order chi connectivity index (χ0) is 17.2. The maximum Gasteiger partial charge on any atom is 0.330 e. The number of esters is 1. The van der Waals surface area contributed by atoms with Gasteiger partial charge in [0.1, 0.15) is 11.5 Å². The molecule has 0 unspecified atom stereocenters. The molecular weight excluding hydrogens is 306 g/mol. The zero-order valence-electron chi connectivity index (χ0n) is 13.9. The van der Waals surface area contributed by atoms with Crippen LogP contribution in [0.2, 0.25) is 0 Å². The molecule has 0 aliphatic rings. The monoisotopic (exact) mass is 327 g/mol. The molecular formula is C19H21NO4. The number of carbonyl (C=O) groups is 1. The summed E-state index contributed by atoms with van der Waals surface area (Å²) in [6, 6.07) is 9.28. The van der Waals surface area contributed by atoms with E-state index in [4.69, 9.17) is 14.2 Å². The van der Waals surface area contributed by atoms with E-state index < -0.39 is 0 Å². The van der Waals surface area contributed by atoms with E-state index in [0.29, 0.717) is 18.1 Å². The van der Waals surface area contributed by atoms with Gasteiger partial charge in [0.15, 0.2) is 0 Å². The number of nitrogens with zero attached hydrogens (tertiary/aromatic N) is 1. The lowest BCUT2D eigenvalue weighted by Gasteiger charge is -2.07. The Labute approximate surface area is 141 Å². The van der Waals surface area contributed by atoms with Crippen molar-refractivity contribution in [3.63, 3.8) is 0 Å². The molecule has 126 valence electrons. The largest absolute Gasteiger partial charge is 0.497 e. The van der Waals surface area contributed by atoms with Crippen LogP contribution in [0.1, 0.15) is 17.5 Å². The molecule has 0 fully saturated rings. The second-order valence-corrected chi connectivity index (χ2v) is 5.07. The van der Waals surface area contributed by atoms with Crippen LogP contribution >= 0.6 is 0 Å². The van der Waals surface area contributed by atoms with E-state index in [2.05, 4.69) is 4.98 Å². The molecule has 0 aliphatic carbocycles. The van der Waals surface area contributed by atoms with Gasteiger partial charge in [-0.3, -0.25) is 4.98 Å². The maximum atomic E-state index is 11.8. The molecule has 2 rings (SSSR count). The first-order valence-electron chi connectivity index (χ1n) is 7.68. The molecule has 0 amide bonds. The molecule has 0 bridgehead atoms. The molecule has 0 atom stereocenters. The van der Waals surface area contributed by atoms with Gasteiger partial charge in [0.2, 0.25) is 0 Å². The molecule has 1 aromatic carbocycles. The number of rotatable bonds is 8. The molecule has 5 nitrogen and oxygen atoms in total. The van der Waals surface area contributed by atoms with Crippen LogP contribution in [0.15, 0.2) is 48.8 Å². The van der Waals surface area contributed by atoms with Crippen molar-refractivity contribution in [1.29, 1.82) is 0 Å². The van der Waals surface area contributed by atoms with E-state index >= 15 is 0 Å². The quantitative estimate of drug-likeness (QED) is 0.423. The summed E-state index contributed by atoms with van der Waals surface area (Å²) in [4.78, 5) is 15.8. The van der Waals surface area contributed by atoms with Crippen LogP contribution in [0.4, 0.5) is 0 Å². The molecule has 24 heavy (non-hydrogen) atoms. The predicted octanol–water partition coefficient (Wildman–Crippen LogP) is 3.29. The van der Waals surface area contributed by atoms with Crippen molar-refractivity contribution in [3.8, 4) is 11.5 Å². The Kier molecular flexibility index (Phi) is 6.83. The summed E-state index contributed by atoms with van der Waals surface area (Å²) in [6.45, 7) is 0.368.